The summed E-state index contributed by atoms with van der Waals surface area (Å²) in [6.45, 7) is 0.696. The van der Waals surface area contributed by atoms with Gasteiger partial charge in [0.2, 0.25) is 0 Å². The molecule has 1 aliphatic rings. The molecule has 0 spiro atoms. The molecule has 0 saturated heterocycles. The zero-order valence-electron chi connectivity index (χ0n) is 11.1. The highest BCUT2D eigenvalue weighted by Gasteiger charge is 2.33. The largest absolute Gasteiger partial charge is 0.353 e. The van der Waals surface area contributed by atoms with Gasteiger partial charge in [0.1, 0.15) is 0 Å². The quantitative estimate of drug-likeness (QED) is 0.823. The van der Waals surface area contributed by atoms with E-state index in [9.17, 15) is 4.79 Å². The number of benzene rings is 1. The molecular weight excluding hydrogens is 236 g/mol. The van der Waals surface area contributed by atoms with E-state index in [0.29, 0.717) is 12.6 Å². The topological polar surface area (TPSA) is 25.2 Å². The molecule has 0 aliphatic heterocycles. The molecule has 1 aromatic heterocycles. The molecule has 0 atom stereocenters. The Balaban J connectivity index is 1.82. The molecule has 0 unspecified atom stereocenters. The van der Waals surface area contributed by atoms with Crippen LogP contribution in [-0.4, -0.2) is 21.4 Å². The standard InChI is InChI=1S/C16H18N2O/c1-17-11-5-8-15(17)12-18(14-9-10-14)16(19)13-6-3-2-4-7-13/h2-8,11,14H,9-10,12H2,1H3. The van der Waals surface area contributed by atoms with Gasteiger partial charge in [-0.2, -0.15) is 0 Å². The summed E-state index contributed by atoms with van der Waals surface area (Å²) in [5.41, 5.74) is 1.96. The molecule has 1 heterocycles. The average Bonchev–Trinajstić information content (AvgIpc) is 3.20. The normalized spacial score (nSPS) is 14.4. The summed E-state index contributed by atoms with van der Waals surface area (Å²) >= 11 is 0. The first-order valence-electron chi connectivity index (χ1n) is 6.72. The molecule has 3 heteroatoms. The third-order valence-electron chi connectivity index (χ3n) is 3.65. The van der Waals surface area contributed by atoms with Crippen LogP contribution in [0.4, 0.5) is 0 Å². The van der Waals surface area contributed by atoms with Crippen molar-refractivity contribution in [2.75, 3.05) is 0 Å². The first-order chi connectivity index (χ1) is 9.25. The van der Waals surface area contributed by atoms with Gasteiger partial charge in [-0.3, -0.25) is 4.79 Å². The third kappa shape index (κ3) is 2.55. The molecule has 0 radical (unpaired) electrons. The Kier molecular flexibility index (Phi) is 3.11. The van der Waals surface area contributed by atoms with Crippen molar-refractivity contribution >= 4 is 5.91 Å². The summed E-state index contributed by atoms with van der Waals surface area (Å²) < 4.78 is 2.08. The fraction of sp³-hybridized carbons (Fsp3) is 0.312. The minimum Gasteiger partial charge on any atom is -0.353 e. The Morgan fingerprint density at radius 3 is 2.53 bits per heavy atom. The highest BCUT2D eigenvalue weighted by atomic mass is 16.2. The van der Waals surface area contributed by atoms with E-state index in [4.69, 9.17) is 0 Å². The molecule has 3 rings (SSSR count). The number of rotatable bonds is 4. The van der Waals surface area contributed by atoms with Crippen LogP contribution in [0.25, 0.3) is 0 Å². The third-order valence-corrected chi connectivity index (χ3v) is 3.65. The second-order valence-corrected chi connectivity index (χ2v) is 5.14. The summed E-state index contributed by atoms with van der Waals surface area (Å²) in [6, 6.07) is 14.1. The van der Waals surface area contributed by atoms with Crippen LogP contribution in [-0.2, 0) is 13.6 Å². The lowest BCUT2D eigenvalue weighted by molar-refractivity contribution is 0.0726. The lowest BCUT2D eigenvalue weighted by Crippen LogP contribution is -2.33. The smallest absolute Gasteiger partial charge is 0.254 e. The van der Waals surface area contributed by atoms with E-state index in [1.807, 2.05) is 54.5 Å². The van der Waals surface area contributed by atoms with Gasteiger partial charge in [-0.25, -0.2) is 0 Å². The predicted octanol–water partition coefficient (Wildman–Crippen LogP) is 2.83. The van der Waals surface area contributed by atoms with Gasteiger partial charge in [-0.05, 0) is 37.1 Å². The Hall–Kier alpha value is -2.03. The second-order valence-electron chi connectivity index (χ2n) is 5.14. The average molecular weight is 254 g/mol. The minimum atomic E-state index is 0.143. The maximum atomic E-state index is 12.6. The SMILES string of the molecule is Cn1cccc1CN(C(=O)c1ccccc1)C1CC1. The lowest BCUT2D eigenvalue weighted by Gasteiger charge is -2.23. The van der Waals surface area contributed by atoms with Crippen molar-refractivity contribution in [3.63, 3.8) is 0 Å². The summed E-state index contributed by atoms with van der Waals surface area (Å²) in [5, 5.41) is 0. The Bertz CT molecular complexity index is 569. The van der Waals surface area contributed by atoms with Gasteiger partial charge in [0.05, 0.1) is 6.54 Å². The fourth-order valence-corrected chi connectivity index (χ4v) is 2.33. The number of aryl methyl sites for hydroxylation is 1. The number of carbonyl (C=O) groups excluding carboxylic acids is 1. The molecule has 3 nitrogen and oxygen atoms in total. The van der Waals surface area contributed by atoms with Crippen LogP contribution in [0.3, 0.4) is 0 Å². The van der Waals surface area contributed by atoms with Crippen LogP contribution in [0.2, 0.25) is 0 Å². The molecule has 0 bridgehead atoms. The number of aromatic nitrogens is 1. The fourth-order valence-electron chi connectivity index (χ4n) is 2.33. The molecule has 1 aromatic carbocycles. The van der Waals surface area contributed by atoms with Crippen LogP contribution in [0.15, 0.2) is 48.7 Å². The molecular formula is C16H18N2O. The Morgan fingerprint density at radius 2 is 1.95 bits per heavy atom. The van der Waals surface area contributed by atoms with Crippen molar-refractivity contribution < 1.29 is 4.79 Å². The molecule has 19 heavy (non-hydrogen) atoms. The Morgan fingerprint density at radius 1 is 1.21 bits per heavy atom. The molecule has 1 fully saturated rings. The minimum absolute atomic E-state index is 0.143. The van der Waals surface area contributed by atoms with E-state index >= 15 is 0 Å². The van der Waals surface area contributed by atoms with Crippen LogP contribution >= 0.6 is 0 Å². The van der Waals surface area contributed by atoms with E-state index in [0.717, 1.165) is 18.4 Å². The van der Waals surface area contributed by atoms with Gasteiger partial charge in [0, 0.05) is 30.5 Å². The van der Waals surface area contributed by atoms with E-state index in [-0.39, 0.29) is 5.91 Å². The molecule has 0 N–H and O–H groups in total. The van der Waals surface area contributed by atoms with Crippen molar-refractivity contribution in [3.8, 4) is 0 Å². The van der Waals surface area contributed by atoms with E-state index in [1.165, 1.54) is 5.69 Å². The van der Waals surface area contributed by atoms with Gasteiger partial charge in [-0.1, -0.05) is 18.2 Å². The van der Waals surface area contributed by atoms with Gasteiger partial charge >= 0.3 is 0 Å². The van der Waals surface area contributed by atoms with Crippen molar-refractivity contribution in [1.82, 2.24) is 9.47 Å². The van der Waals surface area contributed by atoms with Gasteiger partial charge in [0.25, 0.3) is 5.91 Å². The number of carbonyl (C=O) groups is 1. The molecule has 1 saturated carbocycles. The first kappa shape index (κ1) is 12.0. The summed E-state index contributed by atoms with van der Waals surface area (Å²) in [4.78, 5) is 14.6. The van der Waals surface area contributed by atoms with Gasteiger partial charge < -0.3 is 9.47 Å². The van der Waals surface area contributed by atoms with Crippen LogP contribution in [0, 0.1) is 0 Å². The Labute approximate surface area is 113 Å². The van der Waals surface area contributed by atoms with Crippen LogP contribution in [0.5, 0.6) is 0 Å². The predicted molar refractivity (Wildman–Crippen MR) is 74.8 cm³/mol. The molecule has 2 aromatic rings. The first-order valence-corrected chi connectivity index (χ1v) is 6.72. The molecule has 1 aliphatic carbocycles. The number of hydrogen-bond acceptors (Lipinski definition) is 1. The van der Waals surface area contributed by atoms with E-state index in [1.54, 1.807) is 0 Å². The number of amides is 1. The number of nitrogens with zero attached hydrogens (tertiary/aromatic N) is 2. The highest BCUT2D eigenvalue weighted by molar-refractivity contribution is 5.94. The lowest BCUT2D eigenvalue weighted by atomic mass is 10.2. The maximum absolute atomic E-state index is 12.6. The van der Waals surface area contributed by atoms with Gasteiger partial charge in [0.15, 0.2) is 0 Å². The monoisotopic (exact) mass is 254 g/mol. The van der Waals surface area contributed by atoms with Crippen molar-refractivity contribution in [3.05, 3.63) is 59.9 Å². The summed E-state index contributed by atoms with van der Waals surface area (Å²) in [6.07, 6.45) is 4.28. The van der Waals surface area contributed by atoms with Crippen molar-refractivity contribution in [2.24, 2.45) is 7.05 Å². The summed E-state index contributed by atoms with van der Waals surface area (Å²) in [5.74, 6) is 0.143. The van der Waals surface area contributed by atoms with Crippen LogP contribution < -0.4 is 0 Å². The van der Waals surface area contributed by atoms with Crippen LogP contribution in [0.1, 0.15) is 28.9 Å². The van der Waals surface area contributed by atoms with Crippen molar-refractivity contribution in [2.45, 2.75) is 25.4 Å². The summed E-state index contributed by atoms with van der Waals surface area (Å²) in [7, 11) is 2.02. The van der Waals surface area contributed by atoms with Crippen molar-refractivity contribution in [1.29, 1.82) is 0 Å². The van der Waals surface area contributed by atoms with Gasteiger partial charge in [-0.15, -0.1) is 0 Å². The highest BCUT2D eigenvalue weighted by Crippen LogP contribution is 2.29. The molecule has 98 valence electrons. The zero-order chi connectivity index (χ0) is 13.2. The number of hydrogen-bond donors (Lipinski definition) is 0. The second kappa shape index (κ2) is 4.92. The zero-order valence-corrected chi connectivity index (χ0v) is 11.1. The molecule has 1 amide bonds. The van der Waals surface area contributed by atoms with E-state index in [2.05, 4.69) is 10.6 Å². The maximum Gasteiger partial charge on any atom is 0.254 e. The van der Waals surface area contributed by atoms with E-state index < -0.39 is 0 Å².